The molecule has 0 spiro atoms. The fraction of sp³-hybridized carbons (Fsp3) is 0.574. The third kappa shape index (κ3) is 13.8. The van der Waals surface area contributed by atoms with E-state index in [0.717, 1.165) is 58.6 Å². The van der Waals surface area contributed by atoms with Gasteiger partial charge >= 0.3 is 0 Å². The number of nitrogens with zero attached hydrogens (tertiary/aromatic N) is 2. The Morgan fingerprint density at radius 3 is 2.12 bits per heavy atom. The topological polar surface area (TPSA) is 44.7 Å². The summed E-state index contributed by atoms with van der Waals surface area (Å²) in [5.41, 5.74) is 6.61. The van der Waals surface area contributed by atoms with E-state index < -0.39 is 11.2 Å². The number of anilines is 1. The van der Waals surface area contributed by atoms with Crippen LogP contribution in [-0.4, -0.2) is 18.2 Å². The Hall–Kier alpha value is -3.47. The van der Waals surface area contributed by atoms with Gasteiger partial charge in [-0.2, -0.15) is 0 Å². The Bertz CT molecular complexity index is 1440. The predicted octanol–water partition coefficient (Wildman–Crippen LogP) is 14.4. The molecule has 1 heterocycles. The number of aliphatic imine (C=N–C) groups is 1. The van der Waals surface area contributed by atoms with E-state index >= 15 is 0 Å². The number of allylic oxidation sites excluding steroid dienone is 8. The van der Waals surface area contributed by atoms with Crippen LogP contribution >= 0.6 is 0 Å². The van der Waals surface area contributed by atoms with Crippen LogP contribution in [0, 0.1) is 11.3 Å². The van der Waals surface area contributed by atoms with Crippen LogP contribution in [0.25, 0.3) is 5.57 Å². The molecular weight excluding hydrogens is 642 g/mol. The number of fused-ring (bicyclic) bond motifs is 1. The summed E-state index contributed by atoms with van der Waals surface area (Å²) >= 11 is 0. The van der Waals surface area contributed by atoms with Gasteiger partial charge < -0.3 is 10.2 Å². The third-order valence-corrected chi connectivity index (χ3v) is 10.0. The molecular formula is C47H76FN3O. The summed E-state index contributed by atoms with van der Waals surface area (Å²) in [5.74, 6) is 0.473. The van der Waals surface area contributed by atoms with E-state index in [9.17, 15) is 9.18 Å². The fourth-order valence-corrected chi connectivity index (χ4v) is 5.78. The van der Waals surface area contributed by atoms with E-state index in [1.807, 2.05) is 67.7 Å². The van der Waals surface area contributed by atoms with Crippen LogP contribution in [0.3, 0.4) is 0 Å². The van der Waals surface area contributed by atoms with Crippen LogP contribution in [0.15, 0.2) is 89.1 Å². The van der Waals surface area contributed by atoms with E-state index in [1.54, 1.807) is 12.2 Å². The van der Waals surface area contributed by atoms with E-state index in [0.29, 0.717) is 17.0 Å². The number of benzene rings is 1. The van der Waals surface area contributed by atoms with Crippen molar-refractivity contribution < 1.29 is 9.18 Å². The Morgan fingerprint density at radius 2 is 1.65 bits per heavy atom. The first-order valence-electron chi connectivity index (χ1n) is 20.0. The smallest absolute Gasteiger partial charge is 0.237 e. The largest absolute Gasteiger partial charge is 0.356 e. The molecule has 1 aromatic rings. The third-order valence-electron chi connectivity index (χ3n) is 10.0. The van der Waals surface area contributed by atoms with Gasteiger partial charge in [0, 0.05) is 23.6 Å². The number of nitrogens with one attached hydrogen (secondary N) is 1. The Morgan fingerprint density at radius 1 is 1.08 bits per heavy atom. The molecule has 1 amide bonds. The van der Waals surface area contributed by atoms with Crippen molar-refractivity contribution in [3.05, 3.63) is 95.3 Å². The van der Waals surface area contributed by atoms with Gasteiger partial charge in [0.25, 0.3) is 0 Å². The van der Waals surface area contributed by atoms with Gasteiger partial charge in [0.2, 0.25) is 5.91 Å². The molecule has 0 unspecified atom stereocenters. The zero-order valence-corrected chi connectivity index (χ0v) is 36.0. The van der Waals surface area contributed by atoms with Gasteiger partial charge in [-0.1, -0.05) is 133 Å². The maximum atomic E-state index is 14.4. The maximum absolute atomic E-state index is 14.4. The highest BCUT2D eigenvalue weighted by molar-refractivity contribution is 6.08. The second-order valence-corrected chi connectivity index (χ2v) is 15.0. The molecule has 0 bridgehead atoms. The summed E-state index contributed by atoms with van der Waals surface area (Å²) < 4.78 is 14.4. The minimum Gasteiger partial charge on any atom is -0.356 e. The first-order valence-corrected chi connectivity index (χ1v) is 20.0. The maximum Gasteiger partial charge on any atom is 0.237 e. The monoisotopic (exact) mass is 718 g/mol. The molecule has 1 saturated carbocycles. The number of halogens is 1. The molecule has 0 atom stereocenters. The van der Waals surface area contributed by atoms with Crippen molar-refractivity contribution in [2.24, 2.45) is 16.3 Å². The minimum absolute atomic E-state index is 0.186. The molecule has 2 aliphatic rings. The lowest BCUT2D eigenvalue weighted by Crippen LogP contribution is -2.49. The number of amides is 1. The van der Waals surface area contributed by atoms with Crippen molar-refractivity contribution in [2.45, 2.75) is 167 Å². The SMILES string of the molecule is C=C/C(F)=C(\C=C/C)N/C(C)=C(C)/C(=C\C(=C)c1ccc2c(c1)N(C1CC(CCC)C1)C(=O)C2(C)C)N=CCC.CC.CCC.CCC(C)(C)CC. The molecule has 1 aromatic carbocycles. The normalized spacial score (nSPS) is 18.8. The second-order valence-electron chi connectivity index (χ2n) is 15.0. The second kappa shape index (κ2) is 24.0. The molecule has 5 heteroatoms. The zero-order chi connectivity index (χ0) is 40.2. The van der Waals surface area contributed by atoms with Crippen molar-refractivity contribution >= 4 is 23.4 Å². The molecule has 292 valence electrons. The number of carbonyl (C=O) groups excluding carboxylic acids is 1. The van der Waals surface area contributed by atoms with Gasteiger partial charge in [-0.15, -0.1) is 0 Å². The van der Waals surface area contributed by atoms with Crippen LogP contribution in [0.2, 0.25) is 0 Å². The van der Waals surface area contributed by atoms with Crippen LogP contribution < -0.4 is 10.2 Å². The van der Waals surface area contributed by atoms with Crippen molar-refractivity contribution in [2.75, 3.05) is 4.90 Å². The lowest BCUT2D eigenvalue weighted by Gasteiger charge is -2.42. The average Bonchev–Trinajstić information content (AvgIpc) is 3.31. The highest BCUT2D eigenvalue weighted by Crippen LogP contribution is 2.48. The number of carbonyl (C=O) groups is 1. The molecule has 1 aliphatic heterocycles. The average molecular weight is 718 g/mol. The lowest BCUT2D eigenvalue weighted by atomic mass is 9.76. The Kier molecular flexibility index (Phi) is 22.4. The number of hydrogen-bond acceptors (Lipinski definition) is 3. The van der Waals surface area contributed by atoms with Gasteiger partial charge in [-0.25, -0.2) is 4.39 Å². The van der Waals surface area contributed by atoms with Gasteiger partial charge in [-0.3, -0.25) is 9.79 Å². The molecule has 1 N–H and O–H groups in total. The summed E-state index contributed by atoms with van der Waals surface area (Å²) in [5, 5.41) is 3.17. The van der Waals surface area contributed by atoms with Gasteiger partial charge in [0.15, 0.2) is 0 Å². The van der Waals surface area contributed by atoms with E-state index in [2.05, 4.69) is 90.0 Å². The van der Waals surface area contributed by atoms with Crippen molar-refractivity contribution in [1.29, 1.82) is 0 Å². The molecule has 3 rings (SSSR count). The van der Waals surface area contributed by atoms with Gasteiger partial charge in [0.05, 0.1) is 16.8 Å². The van der Waals surface area contributed by atoms with Crippen LogP contribution in [0.4, 0.5) is 10.1 Å². The first-order chi connectivity index (χ1) is 24.5. The minimum atomic E-state index is -0.543. The standard InChI is InChI=1S/C35H46FN3O.C7H16.C3H8.C2H6/c1-10-14-26-20-28(21-26)39-33-22-27(16-17-29(33)35(8,9)34(39)40)23(5)19-32(37-18-12-3)24(6)25(7)38-31(15-11-2)30(36)13-4;1-5-7(3,4)6-2;1-3-2;1-2/h11,13,15-19,22,26,28,38H,4-5,10,12,14,20-21H2,1-3,6-9H3;5-6H2,1-4H3;3H2,1-2H3;1-2H3/b15-11-,25-24+,31-30-,32-19+,37-18?;;;. The van der Waals surface area contributed by atoms with Crippen LogP contribution in [0.5, 0.6) is 0 Å². The molecule has 0 radical (unpaired) electrons. The predicted molar refractivity (Wildman–Crippen MR) is 231 cm³/mol. The first kappa shape index (κ1) is 48.5. The molecule has 1 fully saturated rings. The van der Waals surface area contributed by atoms with Crippen molar-refractivity contribution in [3.63, 3.8) is 0 Å². The van der Waals surface area contributed by atoms with Crippen LogP contribution in [-0.2, 0) is 10.2 Å². The quantitative estimate of drug-likeness (QED) is 0.154. The number of hydrogen-bond donors (Lipinski definition) is 1. The summed E-state index contributed by atoms with van der Waals surface area (Å²) in [6, 6.07) is 6.52. The highest BCUT2D eigenvalue weighted by Gasteiger charge is 2.49. The summed E-state index contributed by atoms with van der Waals surface area (Å²) in [4.78, 5) is 20.3. The zero-order valence-electron chi connectivity index (χ0n) is 36.0. The molecule has 4 nitrogen and oxygen atoms in total. The molecule has 1 aliphatic carbocycles. The van der Waals surface area contributed by atoms with E-state index in [4.69, 9.17) is 4.99 Å². The molecule has 0 saturated heterocycles. The molecule has 52 heavy (non-hydrogen) atoms. The van der Waals surface area contributed by atoms with Gasteiger partial charge in [-0.05, 0) is 112 Å². The lowest BCUT2D eigenvalue weighted by molar-refractivity contribution is -0.123. The fourth-order valence-electron chi connectivity index (χ4n) is 5.78. The van der Waals surface area contributed by atoms with Crippen molar-refractivity contribution in [1.82, 2.24) is 5.32 Å². The number of rotatable bonds is 14. The Balaban J connectivity index is 0.00000188. The van der Waals surface area contributed by atoms with Crippen LogP contribution in [0.1, 0.15) is 166 Å². The van der Waals surface area contributed by atoms with Crippen molar-refractivity contribution in [3.8, 4) is 0 Å². The summed E-state index contributed by atoms with van der Waals surface area (Å²) in [7, 11) is 0. The summed E-state index contributed by atoms with van der Waals surface area (Å²) in [6.07, 6.45) is 17.6. The Labute approximate surface area is 320 Å². The summed E-state index contributed by atoms with van der Waals surface area (Å²) in [6.45, 7) is 39.3. The van der Waals surface area contributed by atoms with E-state index in [-0.39, 0.29) is 11.9 Å². The molecule has 0 aromatic heterocycles. The van der Waals surface area contributed by atoms with Gasteiger partial charge in [0.1, 0.15) is 5.83 Å². The highest BCUT2D eigenvalue weighted by atomic mass is 19.1. The van der Waals surface area contributed by atoms with E-state index in [1.165, 1.54) is 38.2 Å².